The van der Waals surface area contributed by atoms with Gasteiger partial charge in [-0.25, -0.2) is 0 Å². The molecule has 1 aliphatic heterocycles. The first kappa shape index (κ1) is 16.5. The van der Waals surface area contributed by atoms with Crippen molar-refractivity contribution in [3.8, 4) is 0 Å². The number of carbonyl (C=O) groups excluding carboxylic acids is 2. The molecular formula is C18H24N4O2. The number of amides is 2. The first-order chi connectivity index (χ1) is 11.3. The lowest BCUT2D eigenvalue weighted by atomic mass is 9.96. The maximum absolute atomic E-state index is 12.3. The Bertz CT molecular complexity index is 760. The van der Waals surface area contributed by atoms with E-state index in [0.29, 0.717) is 19.5 Å². The largest absolute Gasteiger partial charge is 0.349 e. The molecule has 1 fully saturated rings. The summed E-state index contributed by atoms with van der Waals surface area (Å²) in [5.41, 5.74) is 0.993. The molecule has 2 amide bonds. The van der Waals surface area contributed by atoms with Gasteiger partial charge in [0.15, 0.2) is 0 Å². The molecule has 6 nitrogen and oxygen atoms in total. The summed E-state index contributed by atoms with van der Waals surface area (Å²) in [6.45, 7) is 7.78. The highest BCUT2D eigenvalue weighted by Crippen LogP contribution is 2.20. The number of benzene rings is 1. The highest BCUT2D eigenvalue weighted by atomic mass is 16.2. The Balaban J connectivity index is 1.59. The molecule has 2 heterocycles. The first-order valence-corrected chi connectivity index (χ1v) is 8.29. The van der Waals surface area contributed by atoms with Gasteiger partial charge in [-0.15, -0.1) is 0 Å². The van der Waals surface area contributed by atoms with Crippen molar-refractivity contribution in [2.75, 3.05) is 13.1 Å². The van der Waals surface area contributed by atoms with Crippen LogP contribution in [0.1, 0.15) is 27.2 Å². The Morgan fingerprint density at radius 3 is 2.83 bits per heavy atom. The second-order valence-corrected chi connectivity index (χ2v) is 7.66. The van der Waals surface area contributed by atoms with E-state index in [9.17, 15) is 9.59 Å². The number of hydrogen-bond acceptors (Lipinski definition) is 3. The third kappa shape index (κ3) is 3.75. The maximum atomic E-state index is 12.3. The van der Waals surface area contributed by atoms with Crippen LogP contribution in [0.25, 0.3) is 10.9 Å². The van der Waals surface area contributed by atoms with Crippen molar-refractivity contribution in [3.63, 3.8) is 0 Å². The molecule has 0 radical (unpaired) electrons. The predicted octanol–water partition coefficient (Wildman–Crippen LogP) is 1.80. The molecule has 1 unspecified atom stereocenters. The van der Waals surface area contributed by atoms with Crippen LogP contribution in [0, 0.1) is 5.41 Å². The molecule has 1 aromatic heterocycles. The number of carbonyl (C=O) groups is 2. The van der Waals surface area contributed by atoms with Gasteiger partial charge in [0.2, 0.25) is 11.8 Å². The monoisotopic (exact) mass is 328 g/mol. The van der Waals surface area contributed by atoms with E-state index in [1.165, 1.54) is 0 Å². The molecule has 0 spiro atoms. The van der Waals surface area contributed by atoms with Crippen molar-refractivity contribution in [1.29, 1.82) is 0 Å². The summed E-state index contributed by atoms with van der Waals surface area (Å²) in [5.74, 6) is -0.000902. The molecule has 24 heavy (non-hydrogen) atoms. The van der Waals surface area contributed by atoms with Crippen LogP contribution >= 0.6 is 0 Å². The Morgan fingerprint density at radius 1 is 1.33 bits per heavy atom. The number of likely N-dealkylation sites (tertiary alicyclic amines) is 1. The summed E-state index contributed by atoms with van der Waals surface area (Å²) in [6, 6.07) is 7.67. The fourth-order valence-corrected chi connectivity index (χ4v) is 3.16. The van der Waals surface area contributed by atoms with E-state index < -0.39 is 0 Å². The molecule has 2 aromatic rings. The zero-order chi connectivity index (χ0) is 17.3. The molecule has 1 atom stereocenters. The van der Waals surface area contributed by atoms with Crippen LogP contribution in [0.4, 0.5) is 0 Å². The Kier molecular flexibility index (Phi) is 4.30. The van der Waals surface area contributed by atoms with E-state index in [1.807, 2.05) is 29.2 Å². The van der Waals surface area contributed by atoms with E-state index in [1.54, 1.807) is 10.9 Å². The van der Waals surface area contributed by atoms with Gasteiger partial charge in [0, 0.05) is 24.9 Å². The molecule has 3 rings (SSSR count). The van der Waals surface area contributed by atoms with E-state index in [2.05, 4.69) is 31.2 Å². The average Bonchev–Trinajstić information content (AvgIpc) is 3.02. The van der Waals surface area contributed by atoms with Gasteiger partial charge in [-0.2, -0.15) is 5.10 Å². The van der Waals surface area contributed by atoms with Gasteiger partial charge >= 0.3 is 0 Å². The van der Waals surface area contributed by atoms with E-state index in [4.69, 9.17) is 0 Å². The van der Waals surface area contributed by atoms with Crippen molar-refractivity contribution in [2.45, 2.75) is 39.8 Å². The van der Waals surface area contributed by atoms with Crippen LogP contribution in [-0.4, -0.2) is 45.6 Å². The molecule has 1 aliphatic rings. The topological polar surface area (TPSA) is 67.2 Å². The third-order valence-electron chi connectivity index (χ3n) is 4.09. The minimum Gasteiger partial charge on any atom is -0.349 e. The molecule has 0 saturated carbocycles. The number of fused-ring (bicyclic) bond motifs is 1. The molecule has 1 aromatic carbocycles. The SMILES string of the molecule is CC(C)(C)CN1CC(NC(=O)Cn2ncc3ccccc32)CC1=O. The minimum atomic E-state index is -0.117. The molecule has 1 saturated heterocycles. The quantitative estimate of drug-likeness (QED) is 0.930. The van der Waals surface area contributed by atoms with Gasteiger partial charge in [-0.1, -0.05) is 39.0 Å². The summed E-state index contributed by atoms with van der Waals surface area (Å²) >= 11 is 0. The average molecular weight is 328 g/mol. The third-order valence-corrected chi connectivity index (χ3v) is 4.09. The predicted molar refractivity (Wildman–Crippen MR) is 92.3 cm³/mol. The van der Waals surface area contributed by atoms with Crippen molar-refractivity contribution in [2.24, 2.45) is 5.41 Å². The smallest absolute Gasteiger partial charge is 0.242 e. The minimum absolute atomic E-state index is 0.0581. The second kappa shape index (κ2) is 6.26. The lowest BCUT2D eigenvalue weighted by molar-refractivity contribution is -0.128. The van der Waals surface area contributed by atoms with Crippen LogP contribution < -0.4 is 5.32 Å². The summed E-state index contributed by atoms with van der Waals surface area (Å²) in [5, 5.41) is 8.24. The summed E-state index contributed by atoms with van der Waals surface area (Å²) in [6.07, 6.45) is 2.13. The molecule has 128 valence electrons. The number of hydrogen-bond donors (Lipinski definition) is 1. The maximum Gasteiger partial charge on any atom is 0.242 e. The van der Waals surface area contributed by atoms with Crippen molar-refractivity contribution >= 4 is 22.7 Å². The Hall–Kier alpha value is -2.37. The van der Waals surface area contributed by atoms with Crippen molar-refractivity contribution < 1.29 is 9.59 Å². The fraction of sp³-hybridized carbons (Fsp3) is 0.500. The second-order valence-electron chi connectivity index (χ2n) is 7.66. The molecule has 0 bridgehead atoms. The van der Waals surface area contributed by atoms with Gasteiger partial charge in [0.05, 0.1) is 17.8 Å². The van der Waals surface area contributed by atoms with Gasteiger partial charge in [0.1, 0.15) is 6.54 Å². The van der Waals surface area contributed by atoms with Gasteiger partial charge < -0.3 is 10.2 Å². The Morgan fingerprint density at radius 2 is 2.08 bits per heavy atom. The van der Waals surface area contributed by atoms with Crippen LogP contribution in [0.5, 0.6) is 0 Å². The fourth-order valence-electron chi connectivity index (χ4n) is 3.16. The standard InChI is InChI=1S/C18H24N4O2/c1-18(2,3)12-21-10-14(8-17(21)24)20-16(23)11-22-15-7-5-4-6-13(15)9-19-22/h4-7,9,14H,8,10-12H2,1-3H3,(H,20,23). The molecular weight excluding hydrogens is 304 g/mol. The van der Waals surface area contributed by atoms with Crippen LogP contribution in [0.2, 0.25) is 0 Å². The zero-order valence-corrected chi connectivity index (χ0v) is 14.5. The van der Waals surface area contributed by atoms with Gasteiger partial charge in [-0.3, -0.25) is 14.3 Å². The number of nitrogens with zero attached hydrogens (tertiary/aromatic N) is 3. The lowest BCUT2D eigenvalue weighted by Gasteiger charge is -2.26. The number of rotatable bonds is 4. The van der Waals surface area contributed by atoms with Crippen molar-refractivity contribution in [3.05, 3.63) is 30.5 Å². The number of para-hydroxylation sites is 1. The number of aromatic nitrogens is 2. The van der Waals surface area contributed by atoms with Crippen LogP contribution in [0.3, 0.4) is 0 Å². The Labute approximate surface area is 141 Å². The van der Waals surface area contributed by atoms with E-state index in [-0.39, 0.29) is 29.8 Å². The lowest BCUT2D eigenvalue weighted by Crippen LogP contribution is -2.40. The molecule has 0 aliphatic carbocycles. The molecule has 6 heteroatoms. The van der Waals surface area contributed by atoms with Crippen LogP contribution in [0.15, 0.2) is 30.5 Å². The zero-order valence-electron chi connectivity index (χ0n) is 14.5. The highest BCUT2D eigenvalue weighted by Gasteiger charge is 2.32. The summed E-state index contributed by atoms with van der Waals surface area (Å²) in [4.78, 5) is 26.2. The number of nitrogens with one attached hydrogen (secondary N) is 1. The summed E-state index contributed by atoms with van der Waals surface area (Å²) < 4.78 is 1.69. The van der Waals surface area contributed by atoms with Crippen LogP contribution in [-0.2, 0) is 16.1 Å². The van der Waals surface area contributed by atoms with E-state index >= 15 is 0 Å². The normalized spacial score (nSPS) is 18.4. The summed E-state index contributed by atoms with van der Waals surface area (Å²) in [7, 11) is 0. The first-order valence-electron chi connectivity index (χ1n) is 8.29. The van der Waals surface area contributed by atoms with Gasteiger partial charge in [-0.05, 0) is 11.5 Å². The van der Waals surface area contributed by atoms with Crippen molar-refractivity contribution in [1.82, 2.24) is 20.0 Å². The highest BCUT2D eigenvalue weighted by molar-refractivity contribution is 5.84. The van der Waals surface area contributed by atoms with E-state index in [0.717, 1.165) is 10.9 Å². The molecule has 1 N–H and O–H groups in total. The van der Waals surface area contributed by atoms with Gasteiger partial charge in [0.25, 0.3) is 0 Å².